The average molecular weight is 473 g/mol. The number of benzene rings is 1. The summed E-state index contributed by atoms with van der Waals surface area (Å²) in [6, 6.07) is -0.495. The molecule has 0 bridgehead atoms. The van der Waals surface area contributed by atoms with Crippen LogP contribution in [-0.2, 0) is 13.1 Å². The van der Waals surface area contributed by atoms with Crippen LogP contribution in [0.3, 0.4) is 0 Å². The van der Waals surface area contributed by atoms with Crippen LogP contribution >= 0.6 is 0 Å². The molecular weight excluding hydrogens is 457 g/mol. The first kappa shape index (κ1) is 21.4. The first-order valence-electron chi connectivity index (χ1n) is 10.1. The third-order valence-electron chi connectivity index (χ3n) is 6.07. The van der Waals surface area contributed by atoms with Crippen LogP contribution in [0.2, 0.25) is 0 Å². The molecule has 2 N–H and O–H groups in total. The van der Waals surface area contributed by atoms with Gasteiger partial charge in [0.25, 0.3) is 0 Å². The molecule has 2 aliphatic heterocycles. The molecule has 0 amide bonds. The largest absolute Gasteiger partial charge is 0.487 e. The van der Waals surface area contributed by atoms with Gasteiger partial charge in [0.2, 0.25) is 11.2 Å². The van der Waals surface area contributed by atoms with E-state index >= 15 is 4.39 Å². The van der Waals surface area contributed by atoms with Crippen LogP contribution in [0.4, 0.5) is 15.8 Å². The van der Waals surface area contributed by atoms with Gasteiger partial charge in [0.1, 0.15) is 40.3 Å². The lowest BCUT2D eigenvalue weighted by molar-refractivity contribution is -0.385. The first-order valence-corrected chi connectivity index (χ1v) is 10.1. The molecule has 3 aromatic rings. The van der Waals surface area contributed by atoms with E-state index in [1.165, 1.54) is 20.2 Å². The fraction of sp³-hybridized carbons (Fsp3) is 0.300. The maximum Gasteiger partial charge on any atom is 0.354 e. The zero-order valence-electron chi connectivity index (χ0n) is 17.5. The minimum absolute atomic E-state index is 0.0000895. The molecule has 1 aromatic carbocycles. The molecule has 0 saturated carbocycles. The minimum Gasteiger partial charge on any atom is -0.487 e. The van der Waals surface area contributed by atoms with Crippen molar-refractivity contribution in [3.05, 3.63) is 55.6 Å². The van der Waals surface area contributed by atoms with E-state index in [4.69, 9.17) is 4.74 Å². The highest BCUT2D eigenvalue weighted by Crippen LogP contribution is 2.47. The zero-order valence-corrected chi connectivity index (χ0v) is 17.5. The lowest BCUT2D eigenvalue weighted by Gasteiger charge is -2.34. The second kappa shape index (κ2) is 7.26. The van der Waals surface area contributed by atoms with Gasteiger partial charge in [-0.2, -0.15) is 4.39 Å². The van der Waals surface area contributed by atoms with Gasteiger partial charge in [-0.25, -0.2) is 14.6 Å². The monoisotopic (exact) mass is 473 g/mol. The molecule has 5 rings (SSSR count). The van der Waals surface area contributed by atoms with Crippen molar-refractivity contribution in [1.82, 2.24) is 14.1 Å². The summed E-state index contributed by atoms with van der Waals surface area (Å²) in [6.07, 6.45) is 2.25. The van der Waals surface area contributed by atoms with Crippen molar-refractivity contribution in [3.8, 4) is 5.75 Å². The van der Waals surface area contributed by atoms with Crippen LogP contribution in [0.25, 0.3) is 10.9 Å². The van der Waals surface area contributed by atoms with E-state index in [9.17, 15) is 34.7 Å². The van der Waals surface area contributed by atoms with E-state index < -0.39 is 50.8 Å². The highest BCUT2D eigenvalue weighted by atomic mass is 19.1. The standard InChI is InChI=1S/C20H16FN5O8/c1-8-7-34-18-15-12(17(27)9(19(28)29)5-25(8)15)14(26(32)33)13(21)16(18)23-2-3-24-10(20(30)31)4-22-11(24)6-23/h4-5,8H,2-3,6-7H2,1H3,(H,28,29)(H,30,31). The van der Waals surface area contributed by atoms with Gasteiger partial charge in [-0.3, -0.25) is 14.9 Å². The molecule has 4 heterocycles. The van der Waals surface area contributed by atoms with Crippen LogP contribution in [0, 0.1) is 15.9 Å². The molecule has 1 atom stereocenters. The molecule has 13 nitrogen and oxygen atoms in total. The summed E-state index contributed by atoms with van der Waals surface area (Å²) >= 11 is 0. The van der Waals surface area contributed by atoms with E-state index in [2.05, 4.69) is 4.98 Å². The Morgan fingerprint density at radius 1 is 1.29 bits per heavy atom. The van der Waals surface area contributed by atoms with Gasteiger partial charge in [-0.1, -0.05) is 0 Å². The first-order chi connectivity index (χ1) is 16.1. The predicted octanol–water partition coefficient (Wildman–Crippen LogP) is 1.62. The van der Waals surface area contributed by atoms with Crippen LogP contribution in [0.1, 0.15) is 39.6 Å². The normalized spacial score (nSPS) is 16.8. The number of carbonyl (C=O) groups is 2. The number of carboxylic acids is 2. The highest BCUT2D eigenvalue weighted by molar-refractivity contribution is 6.02. The lowest BCUT2D eigenvalue weighted by atomic mass is 10.0. The third-order valence-corrected chi connectivity index (χ3v) is 6.07. The molecule has 34 heavy (non-hydrogen) atoms. The molecule has 0 radical (unpaired) electrons. The Hall–Kier alpha value is -4.49. The maximum absolute atomic E-state index is 15.8. The molecule has 176 valence electrons. The van der Waals surface area contributed by atoms with E-state index in [1.807, 2.05) is 0 Å². The Balaban J connectivity index is 1.81. The number of anilines is 1. The second-order valence-electron chi connectivity index (χ2n) is 8.00. The van der Waals surface area contributed by atoms with E-state index in [0.717, 1.165) is 6.20 Å². The number of imidazole rings is 1. The predicted molar refractivity (Wildman–Crippen MR) is 112 cm³/mol. The average Bonchev–Trinajstić information content (AvgIpc) is 3.20. The minimum atomic E-state index is -1.59. The molecule has 2 aromatic heterocycles. The molecular formula is C20H16FN5O8. The number of pyridine rings is 1. The molecule has 1 unspecified atom stereocenters. The smallest absolute Gasteiger partial charge is 0.354 e. The van der Waals surface area contributed by atoms with Gasteiger partial charge >= 0.3 is 17.6 Å². The summed E-state index contributed by atoms with van der Waals surface area (Å²) in [6.45, 7) is 1.78. The van der Waals surface area contributed by atoms with E-state index in [0.29, 0.717) is 5.82 Å². The maximum atomic E-state index is 15.8. The summed E-state index contributed by atoms with van der Waals surface area (Å²) < 4.78 is 24.4. The Kier molecular flexibility index (Phi) is 4.56. The molecule has 0 saturated heterocycles. The molecule has 0 aliphatic carbocycles. The molecule has 0 spiro atoms. The van der Waals surface area contributed by atoms with E-state index in [1.54, 1.807) is 6.92 Å². The van der Waals surface area contributed by atoms with Gasteiger partial charge in [-0.15, -0.1) is 0 Å². The number of ether oxygens (including phenoxy) is 1. The number of aromatic nitrogens is 3. The van der Waals surface area contributed by atoms with Crippen molar-refractivity contribution >= 4 is 34.2 Å². The van der Waals surface area contributed by atoms with Gasteiger partial charge in [-0.05, 0) is 6.92 Å². The Morgan fingerprint density at radius 2 is 2.03 bits per heavy atom. The van der Waals surface area contributed by atoms with Gasteiger partial charge in [0, 0.05) is 19.3 Å². The van der Waals surface area contributed by atoms with Crippen molar-refractivity contribution in [3.63, 3.8) is 0 Å². The van der Waals surface area contributed by atoms with Crippen molar-refractivity contribution in [2.45, 2.75) is 26.1 Å². The number of nitrogens with zero attached hydrogens (tertiary/aromatic N) is 5. The second-order valence-corrected chi connectivity index (χ2v) is 8.00. The SMILES string of the molecule is CC1COc2c(N3CCn4c(C(=O)O)cnc4C3)c(F)c([N+](=O)[O-])c3c(=O)c(C(=O)O)cn1c23. The summed E-state index contributed by atoms with van der Waals surface area (Å²) in [7, 11) is 0. The Morgan fingerprint density at radius 3 is 2.68 bits per heavy atom. The summed E-state index contributed by atoms with van der Waals surface area (Å²) in [5, 5.41) is 30.0. The number of fused-ring (bicyclic) bond motifs is 1. The van der Waals surface area contributed by atoms with Gasteiger partial charge in [0.05, 0.1) is 23.7 Å². The number of hydrogen-bond acceptors (Lipinski definition) is 8. The van der Waals surface area contributed by atoms with Crippen LogP contribution < -0.4 is 15.1 Å². The van der Waals surface area contributed by atoms with Crippen LogP contribution in [-0.4, -0.2) is 54.3 Å². The number of nitro groups is 1. The van der Waals surface area contributed by atoms with Crippen molar-refractivity contribution in [2.24, 2.45) is 0 Å². The molecule has 2 aliphatic rings. The number of hydrogen-bond donors (Lipinski definition) is 2. The Bertz CT molecular complexity index is 1490. The van der Waals surface area contributed by atoms with E-state index in [-0.39, 0.29) is 48.9 Å². The highest BCUT2D eigenvalue weighted by Gasteiger charge is 2.39. The fourth-order valence-electron chi connectivity index (χ4n) is 4.51. The third kappa shape index (κ3) is 2.84. The quantitative estimate of drug-likeness (QED) is 0.419. The van der Waals surface area contributed by atoms with Gasteiger partial charge in [0.15, 0.2) is 5.75 Å². The lowest BCUT2D eigenvalue weighted by Crippen LogP contribution is -2.37. The Labute approximate surface area is 188 Å². The number of carboxylic acid groups (broad SMARTS) is 2. The van der Waals surface area contributed by atoms with Crippen molar-refractivity contribution in [1.29, 1.82) is 0 Å². The van der Waals surface area contributed by atoms with Gasteiger partial charge < -0.3 is 29.0 Å². The fourth-order valence-corrected chi connectivity index (χ4v) is 4.51. The number of halogens is 1. The number of rotatable bonds is 4. The summed E-state index contributed by atoms with van der Waals surface area (Å²) in [4.78, 5) is 52.3. The molecule has 14 heteroatoms. The summed E-state index contributed by atoms with van der Waals surface area (Å²) in [5.74, 6) is -3.92. The summed E-state index contributed by atoms with van der Waals surface area (Å²) in [5.41, 5.74) is -3.43. The number of aromatic carboxylic acids is 2. The topological polar surface area (TPSA) is 170 Å². The van der Waals surface area contributed by atoms with Crippen LogP contribution in [0.5, 0.6) is 5.75 Å². The van der Waals surface area contributed by atoms with Crippen LogP contribution in [0.15, 0.2) is 17.2 Å². The zero-order chi connectivity index (χ0) is 24.5. The van der Waals surface area contributed by atoms with Crippen molar-refractivity contribution < 1.29 is 33.9 Å². The van der Waals surface area contributed by atoms with Crippen molar-refractivity contribution in [2.75, 3.05) is 18.1 Å². The molecule has 0 fully saturated rings. The number of nitro benzene ring substituents is 1.